The molecule has 3 heteroatoms. The van der Waals surface area contributed by atoms with E-state index >= 15 is 0 Å². The van der Waals surface area contributed by atoms with Crippen LogP contribution < -0.4 is 0 Å². The summed E-state index contributed by atoms with van der Waals surface area (Å²) in [6.07, 6.45) is 5.80. The van der Waals surface area contributed by atoms with Crippen molar-refractivity contribution >= 4 is 11.3 Å². The van der Waals surface area contributed by atoms with Gasteiger partial charge >= 0.3 is 0 Å². The van der Waals surface area contributed by atoms with Crippen LogP contribution in [0.15, 0.2) is 17.5 Å². The zero-order chi connectivity index (χ0) is 10.3. The monoisotopic (exact) mass is 226 g/mol. The quantitative estimate of drug-likeness (QED) is 0.718. The molecular weight excluding hydrogens is 208 g/mol. The van der Waals surface area contributed by atoms with Crippen LogP contribution in [0.25, 0.3) is 0 Å². The van der Waals surface area contributed by atoms with E-state index in [9.17, 15) is 0 Å². The van der Waals surface area contributed by atoms with Gasteiger partial charge in [-0.3, -0.25) is 0 Å². The smallest absolute Gasteiger partial charge is 0.157 e. The van der Waals surface area contributed by atoms with E-state index < -0.39 is 0 Å². The Labute approximate surface area is 95.2 Å². The van der Waals surface area contributed by atoms with Crippen molar-refractivity contribution in [2.24, 2.45) is 0 Å². The Bertz CT molecular complexity index is 253. The third-order valence-electron chi connectivity index (χ3n) is 2.59. The van der Waals surface area contributed by atoms with E-state index in [1.165, 1.54) is 17.7 Å². The van der Waals surface area contributed by atoms with Crippen LogP contribution in [0, 0.1) is 0 Å². The second-order valence-electron chi connectivity index (χ2n) is 3.85. The molecule has 1 saturated heterocycles. The van der Waals surface area contributed by atoms with E-state index in [2.05, 4.69) is 17.5 Å². The van der Waals surface area contributed by atoms with Crippen molar-refractivity contribution in [3.63, 3.8) is 0 Å². The largest absolute Gasteiger partial charge is 0.353 e. The highest BCUT2D eigenvalue weighted by Crippen LogP contribution is 2.15. The molecule has 0 saturated carbocycles. The maximum absolute atomic E-state index is 5.66. The van der Waals surface area contributed by atoms with Gasteiger partial charge in [0.05, 0.1) is 6.61 Å². The van der Waals surface area contributed by atoms with Gasteiger partial charge in [-0.15, -0.1) is 11.3 Å². The highest BCUT2D eigenvalue weighted by Gasteiger charge is 2.13. The Morgan fingerprint density at radius 2 is 2.47 bits per heavy atom. The van der Waals surface area contributed by atoms with E-state index in [0.29, 0.717) is 0 Å². The van der Waals surface area contributed by atoms with Crippen LogP contribution in [0.1, 0.15) is 30.6 Å². The minimum Gasteiger partial charge on any atom is -0.353 e. The summed E-state index contributed by atoms with van der Waals surface area (Å²) in [5.41, 5.74) is 0. The summed E-state index contributed by atoms with van der Waals surface area (Å²) in [6, 6.07) is 4.28. The van der Waals surface area contributed by atoms with Gasteiger partial charge in [0.1, 0.15) is 0 Å². The summed E-state index contributed by atoms with van der Waals surface area (Å²) in [7, 11) is 0. The number of aryl methyl sites for hydroxylation is 1. The van der Waals surface area contributed by atoms with Gasteiger partial charge in [-0.25, -0.2) is 0 Å². The van der Waals surface area contributed by atoms with Crippen LogP contribution in [-0.2, 0) is 15.9 Å². The van der Waals surface area contributed by atoms with Crippen molar-refractivity contribution in [1.82, 2.24) is 0 Å². The zero-order valence-corrected chi connectivity index (χ0v) is 9.80. The van der Waals surface area contributed by atoms with Gasteiger partial charge in [-0.05, 0) is 43.6 Å². The maximum Gasteiger partial charge on any atom is 0.157 e. The lowest BCUT2D eigenvalue weighted by Gasteiger charge is -2.22. The molecule has 0 amide bonds. The van der Waals surface area contributed by atoms with E-state index in [1.54, 1.807) is 0 Å². The van der Waals surface area contributed by atoms with Gasteiger partial charge in [-0.1, -0.05) is 6.07 Å². The van der Waals surface area contributed by atoms with Crippen molar-refractivity contribution in [1.29, 1.82) is 0 Å². The molecule has 0 bridgehead atoms. The van der Waals surface area contributed by atoms with Crippen molar-refractivity contribution in [3.05, 3.63) is 22.4 Å². The van der Waals surface area contributed by atoms with Gasteiger partial charge in [0.2, 0.25) is 0 Å². The molecule has 0 N–H and O–H groups in total. The molecule has 0 aromatic carbocycles. The molecule has 2 nitrogen and oxygen atoms in total. The van der Waals surface area contributed by atoms with Crippen LogP contribution in [0.4, 0.5) is 0 Å². The van der Waals surface area contributed by atoms with E-state index in [1.807, 2.05) is 11.3 Å². The van der Waals surface area contributed by atoms with Crippen molar-refractivity contribution in [2.45, 2.75) is 38.4 Å². The summed E-state index contributed by atoms with van der Waals surface area (Å²) < 4.78 is 11.2. The van der Waals surface area contributed by atoms with Crippen LogP contribution >= 0.6 is 11.3 Å². The zero-order valence-electron chi connectivity index (χ0n) is 8.98. The van der Waals surface area contributed by atoms with Crippen molar-refractivity contribution in [2.75, 3.05) is 13.2 Å². The van der Waals surface area contributed by atoms with Gasteiger partial charge in [0, 0.05) is 11.5 Å². The molecule has 1 aromatic rings. The molecule has 0 radical (unpaired) electrons. The highest BCUT2D eigenvalue weighted by atomic mass is 32.1. The Morgan fingerprint density at radius 1 is 1.47 bits per heavy atom. The first-order valence-corrected chi connectivity index (χ1v) is 6.59. The average Bonchev–Trinajstić information content (AvgIpc) is 2.79. The van der Waals surface area contributed by atoms with E-state index in [-0.39, 0.29) is 6.29 Å². The number of rotatable bonds is 5. The van der Waals surface area contributed by atoms with Crippen LogP contribution in [-0.4, -0.2) is 19.5 Å². The first-order chi connectivity index (χ1) is 7.45. The van der Waals surface area contributed by atoms with Crippen LogP contribution in [0.2, 0.25) is 0 Å². The molecule has 0 aliphatic carbocycles. The lowest BCUT2D eigenvalue weighted by Crippen LogP contribution is -2.22. The Balaban J connectivity index is 1.54. The van der Waals surface area contributed by atoms with E-state index in [0.717, 1.165) is 32.5 Å². The lowest BCUT2D eigenvalue weighted by molar-refractivity contribution is -0.162. The number of ether oxygens (including phenoxy) is 2. The summed E-state index contributed by atoms with van der Waals surface area (Å²) in [6.45, 7) is 1.69. The molecule has 84 valence electrons. The fourth-order valence-electron chi connectivity index (χ4n) is 1.76. The van der Waals surface area contributed by atoms with Crippen molar-refractivity contribution < 1.29 is 9.47 Å². The minimum atomic E-state index is 0.0714. The standard InChI is InChI=1S/C12H18O2S/c1-2-8-13-12(7-1)14-9-3-5-11-6-4-10-15-11/h4,6,10,12H,1-3,5,7-9H2. The van der Waals surface area contributed by atoms with Crippen LogP contribution in [0.5, 0.6) is 0 Å². The number of thiophene rings is 1. The van der Waals surface area contributed by atoms with Gasteiger partial charge in [-0.2, -0.15) is 0 Å². The summed E-state index contributed by atoms with van der Waals surface area (Å²) >= 11 is 1.82. The molecule has 1 fully saturated rings. The summed E-state index contributed by atoms with van der Waals surface area (Å²) in [5.74, 6) is 0. The molecule has 0 spiro atoms. The lowest BCUT2D eigenvalue weighted by atomic mass is 10.2. The predicted octanol–water partition coefficient (Wildman–Crippen LogP) is 3.22. The molecule has 1 unspecified atom stereocenters. The fourth-order valence-corrected chi connectivity index (χ4v) is 2.51. The fraction of sp³-hybridized carbons (Fsp3) is 0.667. The molecule has 1 aliphatic rings. The second-order valence-corrected chi connectivity index (χ2v) is 4.88. The maximum atomic E-state index is 5.66. The Morgan fingerprint density at radius 3 is 3.20 bits per heavy atom. The average molecular weight is 226 g/mol. The molecule has 2 heterocycles. The van der Waals surface area contributed by atoms with Crippen molar-refractivity contribution in [3.8, 4) is 0 Å². The normalized spacial score (nSPS) is 21.7. The third-order valence-corrected chi connectivity index (χ3v) is 3.53. The summed E-state index contributed by atoms with van der Waals surface area (Å²) in [5, 5.41) is 2.13. The first kappa shape index (κ1) is 11.1. The topological polar surface area (TPSA) is 18.5 Å². The molecule has 15 heavy (non-hydrogen) atoms. The van der Waals surface area contributed by atoms with Crippen LogP contribution in [0.3, 0.4) is 0 Å². The molecule has 2 rings (SSSR count). The molecular formula is C12H18O2S. The third kappa shape index (κ3) is 3.93. The Hall–Kier alpha value is -0.380. The SMILES string of the molecule is c1csc(CCCOC2CCCCO2)c1. The molecule has 1 aromatic heterocycles. The van der Waals surface area contributed by atoms with Gasteiger partial charge < -0.3 is 9.47 Å². The Kier molecular flexibility index (Phi) is 4.64. The molecule has 1 aliphatic heterocycles. The van der Waals surface area contributed by atoms with E-state index in [4.69, 9.17) is 9.47 Å². The number of hydrogen-bond acceptors (Lipinski definition) is 3. The van der Waals surface area contributed by atoms with Gasteiger partial charge in [0.25, 0.3) is 0 Å². The first-order valence-electron chi connectivity index (χ1n) is 5.71. The second kappa shape index (κ2) is 6.26. The number of hydrogen-bond donors (Lipinski definition) is 0. The van der Waals surface area contributed by atoms with Gasteiger partial charge in [0.15, 0.2) is 6.29 Å². The highest BCUT2D eigenvalue weighted by molar-refractivity contribution is 7.09. The molecule has 1 atom stereocenters. The predicted molar refractivity (Wildman–Crippen MR) is 62.2 cm³/mol. The summed E-state index contributed by atoms with van der Waals surface area (Å²) in [4.78, 5) is 1.45. The minimum absolute atomic E-state index is 0.0714.